The molecule has 0 saturated heterocycles. The lowest BCUT2D eigenvalue weighted by Gasteiger charge is -2.25. The Morgan fingerprint density at radius 2 is 1.97 bits per heavy atom. The van der Waals surface area contributed by atoms with Crippen molar-refractivity contribution in [2.45, 2.75) is 51.8 Å². The first-order valence-electron chi connectivity index (χ1n) is 10.9. The Kier molecular flexibility index (Phi) is 8.17. The summed E-state index contributed by atoms with van der Waals surface area (Å²) in [5.74, 6) is -1.78. The van der Waals surface area contributed by atoms with Gasteiger partial charge in [-0.2, -0.15) is 0 Å². The lowest BCUT2D eigenvalue weighted by molar-refractivity contribution is -0.140. The molecule has 1 aliphatic rings. The summed E-state index contributed by atoms with van der Waals surface area (Å²) in [6.07, 6.45) is 1.81. The van der Waals surface area contributed by atoms with Crippen LogP contribution in [0.4, 0.5) is 4.79 Å². The summed E-state index contributed by atoms with van der Waals surface area (Å²) < 4.78 is 10.4. The molecule has 2 atom stereocenters. The fourth-order valence-corrected chi connectivity index (χ4v) is 3.48. The van der Waals surface area contributed by atoms with Gasteiger partial charge in [-0.3, -0.25) is 14.4 Å². The van der Waals surface area contributed by atoms with Gasteiger partial charge >= 0.3 is 6.09 Å². The van der Waals surface area contributed by atoms with E-state index in [1.165, 1.54) is 0 Å². The number of amides is 3. The van der Waals surface area contributed by atoms with Gasteiger partial charge in [0.15, 0.2) is 0 Å². The van der Waals surface area contributed by atoms with Gasteiger partial charge in [-0.1, -0.05) is 49.3 Å². The van der Waals surface area contributed by atoms with Crippen LogP contribution >= 0.6 is 0 Å². The summed E-state index contributed by atoms with van der Waals surface area (Å²) in [6, 6.07) is 7.11. The van der Waals surface area contributed by atoms with Gasteiger partial charge in [0.1, 0.15) is 18.4 Å². The van der Waals surface area contributed by atoms with E-state index in [0.717, 1.165) is 11.1 Å². The van der Waals surface area contributed by atoms with Crippen LogP contribution in [0, 0.1) is 5.92 Å². The molecule has 10 heteroatoms. The van der Waals surface area contributed by atoms with Crippen molar-refractivity contribution in [3.63, 3.8) is 0 Å². The van der Waals surface area contributed by atoms with Gasteiger partial charge in [0.25, 0.3) is 5.91 Å². The van der Waals surface area contributed by atoms with E-state index in [1.54, 1.807) is 20.0 Å². The Balaban J connectivity index is 1.64. The number of hydrogen-bond acceptors (Lipinski definition) is 7. The topological polar surface area (TPSA) is 140 Å². The zero-order valence-electron chi connectivity index (χ0n) is 18.6. The molecule has 10 nitrogen and oxygen atoms in total. The molecule has 0 aliphatic carbocycles. The molecule has 2 heterocycles. The summed E-state index contributed by atoms with van der Waals surface area (Å²) in [5.41, 5.74) is 1.65. The first-order valence-corrected chi connectivity index (χ1v) is 10.9. The van der Waals surface area contributed by atoms with Crippen LogP contribution in [0.2, 0.25) is 0 Å². The van der Waals surface area contributed by atoms with E-state index in [1.807, 2.05) is 30.3 Å². The third-order valence-electron chi connectivity index (χ3n) is 5.36. The number of benzene rings is 1. The molecule has 0 bridgehead atoms. The number of nitrogens with one attached hydrogen (secondary N) is 3. The van der Waals surface area contributed by atoms with Crippen molar-refractivity contribution < 1.29 is 28.4 Å². The first-order chi connectivity index (χ1) is 15.8. The van der Waals surface area contributed by atoms with Gasteiger partial charge in [0.05, 0.1) is 12.2 Å². The Bertz CT molecular complexity index is 988. The number of ketones is 1. The molecule has 0 spiro atoms. The van der Waals surface area contributed by atoms with Gasteiger partial charge < -0.3 is 25.2 Å². The molecule has 3 amide bonds. The maximum absolute atomic E-state index is 13.0. The summed E-state index contributed by atoms with van der Waals surface area (Å²) >= 11 is 0. The summed E-state index contributed by atoms with van der Waals surface area (Å²) in [6.45, 7) is 3.82. The zero-order chi connectivity index (χ0) is 23.8. The SMILES string of the molecule is CC(C)C(NC(=O)OCc1ccccc1)C(=O)NC1CCc2oncc2CCNC(=O)C1=O. The molecular weight excluding hydrogens is 428 g/mol. The number of nitrogens with zero attached hydrogens (tertiary/aromatic N) is 1. The highest BCUT2D eigenvalue weighted by atomic mass is 16.5. The van der Waals surface area contributed by atoms with Gasteiger partial charge in [0.2, 0.25) is 11.7 Å². The van der Waals surface area contributed by atoms with Crippen LogP contribution in [0.15, 0.2) is 41.1 Å². The molecule has 0 fully saturated rings. The van der Waals surface area contributed by atoms with E-state index in [0.29, 0.717) is 18.6 Å². The number of alkyl carbamates (subject to hydrolysis) is 1. The third-order valence-corrected chi connectivity index (χ3v) is 5.36. The number of aryl methyl sites for hydroxylation is 1. The number of rotatable bonds is 6. The van der Waals surface area contributed by atoms with Gasteiger partial charge in [-0.25, -0.2) is 4.79 Å². The molecule has 1 aliphatic heterocycles. The fourth-order valence-electron chi connectivity index (χ4n) is 3.48. The number of ether oxygens (including phenoxy) is 1. The van der Waals surface area contributed by atoms with Crippen molar-refractivity contribution in [1.82, 2.24) is 21.1 Å². The molecule has 2 unspecified atom stereocenters. The maximum atomic E-state index is 13.0. The molecule has 1 aromatic heterocycles. The van der Waals surface area contributed by atoms with Crippen LogP contribution in [0.5, 0.6) is 0 Å². The van der Waals surface area contributed by atoms with E-state index in [-0.39, 0.29) is 25.5 Å². The molecule has 33 heavy (non-hydrogen) atoms. The van der Waals surface area contributed by atoms with Crippen LogP contribution < -0.4 is 16.0 Å². The molecule has 2 aromatic rings. The molecule has 1 aromatic carbocycles. The minimum Gasteiger partial charge on any atom is -0.445 e. The van der Waals surface area contributed by atoms with E-state index >= 15 is 0 Å². The first kappa shape index (κ1) is 24.0. The van der Waals surface area contributed by atoms with Gasteiger partial charge in [-0.15, -0.1) is 0 Å². The van der Waals surface area contributed by atoms with Crippen molar-refractivity contribution in [2.75, 3.05) is 6.54 Å². The van der Waals surface area contributed by atoms with Crippen molar-refractivity contribution in [2.24, 2.45) is 5.92 Å². The second-order valence-corrected chi connectivity index (χ2v) is 8.17. The standard InChI is InChI=1S/C23H28N4O6/c1-14(2)19(27-23(31)32-13-15-6-4-3-5-7-15)21(29)26-17-8-9-18-16(12-25-33-18)10-11-24-22(30)20(17)28/h3-7,12,14,17,19H,8-11,13H2,1-2H3,(H,24,30)(H,26,29)(H,27,31). The highest BCUT2D eigenvalue weighted by Crippen LogP contribution is 2.14. The molecular formula is C23H28N4O6. The van der Waals surface area contributed by atoms with Crippen LogP contribution in [0.1, 0.15) is 37.2 Å². The predicted molar refractivity (Wildman–Crippen MR) is 117 cm³/mol. The fraction of sp³-hybridized carbons (Fsp3) is 0.435. The molecule has 3 N–H and O–H groups in total. The minimum atomic E-state index is -1.07. The quantitative estimate of drug-likeness (QED) is 0.557. The summed E-state index contributed by atoms with van der Waals surface area (Å²) in [4.78, 5) is 50.1. The second kappa shape index (κ2) is 11.3. The lowest BCUT2D eigenvalue weighted by atomic mass is 9.99. The van der Waals surface area contributed by atoms with Gasteiger partial charge in [0, 0.05) is 18.5 Å². The van der Waals surface area contributed by atoms with Crippen molar-refractivity contribution in [3.8, 4) is 0 Å². The second-order valence-electron chi connectivity index (χ2n) is 8.17. The van der Waals surface area contributed by atoms with E-state index in [9.17, 15) is 19.2 Å². The van der Waals surface area contributed by atoms with Crippen molar-refractivity contribution >= 4 is 23.7 Å². The van der Waals surface area contributed by atoms with Crippen molar-refractivity contribution in [3.05, 3.63) is 53.4 Å². The van der Waals surface area contributed by atoms with Crippen LogP contribution in [0.3, 0.4) is 0 Å². The van der Waals surface area contributed by atoms with E-state index < -0.39 is 35.8 Å². The predicted octanol–water partition coefficient (Wildman–Crippen LogP) is 1.28. The summed E-state index contributed by atoms with van der Waals surface area (Å²) in [7, 11) is 0. The highest BCUT2D eigenvalue weighted by molar-refractivity contribution is 6.38. The van der Waals surface area contributed by atoms with Crippen molar-refractivity contribution in [1.29, 1.82) is 0 Å². The Morgan fingerprint density at radius 1 is 1.21 bits per heavy atom. The Labute approximate surface area is 191 Å². The van der Waals surface area contributed by atoms with Crippen LogP contribution in [0.25, 0.3) is 0 Å². The van der Waals surface area contributed by atoms with Gasteiger partial charge in [-0.05, 0) is 24.3 Å². The number of aromatic nitrogens is 1. The van der Waals surface area contributed by atoms with E-state index in [4.69, 9.17) is 9.26 Å². The number of hydrogen-bond donors (Lipinski definition) is 3. The number of Topliss-reactive ketones (excluding diaryl/α,β-unsaturated/α-hetero) is 1. The van der Waals surface area contributed by atoms with Crippen LogP contribution in [-0.2, 0) is 38.6 Å². The number of fused-ring (bicyclic) bond motifs is 1. The Morgan fingerprint density at radius 3 is 2.70 bits per heavy atom. The number of carbonyl (C=O) groups excluding carboxylic acids is 4. The Hall–Kier alpha value is -3.69. The largest absolute Gasteiger partial charge is 0.445 e. The maximum Gasteiger partial charge on any atom is 0.408 e. The van der Waals surface area contributed by atoms with E-state index in [2.05, 4.69) is 21.1 Å². The van der Waals surface area contributed by atoms with Crippen LogP contribution in [-0.4, -0.2) is 47.5 Å². The molecule has 3 rings (SSSR count). The highest BCUT2D eigenvalue weighted by Gasteiger charge is 2.32. The normalized spacial score (nSPS) is 17.5. The smallest absolute Gasteiger partial charge is 0.408 e. The monoisotopic (exact) mass is 456 g/mol. The molecule has 0 saturated carbocycles. The summed E-state index contributed by atoms with van der Waals surface area (Å²) in [5, 5.41) is 11.5. The lowest BCUT2D eigenvalue weighted by Crippen LogP contribution is -2.55. The number of carbonyl (C=O) groups is 4. The zero-order valence-corrected chi connectivity index (χ0v) is 18.6. The molecule has 0 radical (unpaired) electrons. The molecule has 176 valence electrons. The average molecular weight is 456 g/mol. The minimum absolute atomic E-state index is 0.0555. The third kappa shape index (κ3) is 6.64. The average Bonchev–Trinajstić information content (AvgIpc) is 3.25.